The molecule has 0 fully saturated rings. The summed E-state index contributed by atoms with van der Waals surface area (Å²) in [6.07, 6.45) is 1.46. The highest BCUT2D eigenvalue weighted by Crippen LogP contribution is 2.38. The lowest BCUT2D eigenvalue weighted by molar-refractivity contribution is -0.120. The van der Waals surface area contributed by atoms with E-state index in [4.69, 9.17) is 23.7 Å². The van der Waals surface area contributed by atoms with Crippen molar-refractivity contribution in [3.8, 4) is 28.7 Å². The number of carbonyl (C=O) groups is 3. The van der Waals surface area contributed by atoms with Crippen LogP contribution in [0, 0.1) is 0 Å². The van der Waals surface area contributed by atoms with Crippen molar-refractivity contribution in [3.05, 3.63) is 77.4 Å². The number of rotatable bonds is 12. The summed E-state index contributed by atoms with van der Waals surface area (Å²) in [5, 5.41) is 6.60. The summed E-state index contributed by atoms with van der Waals surface area (Å²) < 4.78 is 26.7. The van der Waals surface area contributed by atoms with E-state index in [1.165, 1.54) is 52.9 Å². The van der Waals surface area contributed by atoms with Gasteiger partial charge in [-0.2, -0.15) is 5.10 Å². The number of benzene rings is 3. The molecule has 0 bridgehead atoms. The van der Waals surface area contributed by atoms with Crippen LogP contribution in [-0.2, 0) is 4.79 Å². The van der Waals surface area contributed by atoms with Crippen LogP contribution in [-0.4, -0.2) is 59.0 Å². The molecule has 0 aliphatic carbocycles. The van der Waals surface area contributed by atoms with Gasteiger partial charge in [-0.25, -0.2) is 10.2 Å². The van der Waals surface area contributed by atoms with Gasteiger partial charge < -0.3 is 29.0 Å². The standard InChI is InChI=1S/C28H29N3O8/c1-35-22-14-18(17-30-31-25(32)12-13-29-27(33)19-8-6-5-7-9-19)10-11-21(22)39-28(34)20-15-23(36-2)26(38-4)24(16-20)37-3/h5-11,14-17H,12-13H2,1-4H3,(H,29,33)(H,31,32). The van der Waals surface area contributed by atoms with Crippen molar-refractivity contribution in [1.29, 1.82) is 0 Å². The number of nitrogens with one attached hydrogen (secondary N) is 2. The first-order valence-electron chi connectivity index (χ1n) is 11.8. The number of hydrogen-bond acceptors (Lipinski definition) is 9. The van der Waals surface area contributed by atoms with E-state index in [0.29, 0.717) is 28.4 Å². The molecule has 0 saturated carbocycles. The summed E-state index contributed by atoms with van der Waals surface area (Å²) in [5.74, 6) is 0.113. The summed E-state index contributed by atoms with van der Waals surface area (Å²) in [6.45, 7) is 0.162. The maximum atomic E-state index is 12.8. The number of hydrazone groups is 1. The fourth-order valence-corrected chi connectivity index (χ4v) is 3.42. The molecule has 39 heavy (non-hydrogen) atoms. The minimum atomic E-state index is -0.666. The molecular weight excluding hydrogens is 506 g/mol. The molecule has 0 aliphatic heterocycles. The van der Waals surface area contributed by atoms with E-state index in [0.717, 1.165) is 0 Å². The molecule has 0 spiro atoms. The molecule has 3 aromatic rings. The van der Waals surface area contributed by atoms with Gasteiger partial charge >= 0.3 is 5.97 Å². The third-order valence-electron chi connectivity index (χ3n) is 5.37. The molecule has 3 rings (SSSR count). The van der Waals surface area contributed by atoms with Crippen LogP contribution < -0.4 is 34.4 Å². The third kappa shape index (κ3) is 7.71. The largest absolute Gasteiger partial charge is 0.493 e. The Labute approximate surface area is 225 Å². The van der Waals surface area contributed by atoms with Crippen molar-refractivity contribution in [1.82, 2.24) is 10.7 Å². The molecule has 0 unspecified atom stereocenters. The first-order valence-corrected chi connectivity index (χ1v) is 11.8. The number of nitrogens with zero attached hydrogens (tertiary/aromatic N) is 1. The zero-order valence-corrected chi connectivity index (χ0v) is 22.0. The van der Waals surface area contributed by atoms with E-state index in [9.17, 15) is 14.4 Å². The quantitative estimate of drug-likeness (QED) is 0.156. The Kier molecular flexibility index (Phi) is 10.3. The van der Waals surface area contributed by atoms with Crippen LogP contribution in [0.2, 0.25) is 0 Å². The van der Waals surface area contributed by atoms with Crippen LogP contribution in [0.3, 0.4) is 0 Å². The van der Waals surface area contributed by atoms with E-state index < -0.39 is 5.97 Å². The van der Waals surface area contributed by atoms with Gasteiger partial charge in [0.1, 0.15) is 0 Å². The first-order chi connectivity index (χ1) is 18.9. The predicted octanol–water partition coefficient (Wildman–Crippen LogP) is 3.21. The van der Waals surface area contributed by atoms with Gasteiger partial charge in [0.15, 0.2) is 23.0 Å². The van der Waals surface area contributed by atoms with Crippen molar-refractivity contribution in [2.75, 3.05) is 35.0 Å². The Bertz CT molecular complexity index is 1320. The van der Waals surface area contributed by atoms with Crippen LogP contribution >= 0.6 is 0 Å². The normalized spacial score (nSPS) is 10.5. The van der Waals surface area contributed by atoms with E-state index in [2.05, 4.69) is 15.8 Å². The second kappa shape index (κ2) is 14.0. The molecule has 204 valence electrons. The molecular formula is C28H29N3O8. The molecule has 11 nitrogen and oxygen atoms in total. The first kappa shape index (κ1) is 28.5. The van der Waals surface area contributed by atoms with Gasteiger partial charge in [-0.3, -0.25) is 9.59 Å². The van der Waals surface area contributed by atoms with Crippen molar-refractivity contribution in [3.63, 3.8) is 0 Å². The number of amides is 2. The van der Waals surface area contributed by atoms with E-state index >= 15 is 0 Å². The average molecular weight is 536 g/mol. The highest BCUT2D eigenvalue weighted by Gasteiger charge is 2.19. The number of esters is 1. The zero-order valence-electron chi connectivity index (χ0n) is 22.0. The number of carbonyl (C=O) groups excluding carboxylic acids is 3. The van der Waals surface area contributed by atoms with Gasteiger partial charge in [-0.05, 0) is 48.0 Å². The fraction of sp³-hybridized carbons (Fsp3) is 0.214. The number of methoxy groups -OCH3 is 4. The van der Waals surface area contributed by atoms with Gasteiger partial charge in [-0.1, -0.05) is 18.2 Å². The summed E-state index contributed by atoms with van der Waals surface area (Å²) in [7, 11) is 5.79. The molecule has 2 amide bonds. The predicted molar refractivity (Wildman–Crippen MR) is 143 cm³/mol. The summed E-state index contributed by atoms with van der Waals surface area (Å²) in [5.41, 5.74) is 3.68. The molecule has 3 aromatic carbocycles. The van der Waals surface area contributed by atoms with Crippen LogP contribution in [0.5, 0.6) is 28.7 Å². The van der Waals surface area contributed by atoms with E-state index in [1.807, 2.05) is 6.07 Å². The molecule has 11 heteroatoms. The smallest absolute Gasteiger partial charge is 0.343 e. The molecule has 0 radical (unpaired) electrons. The summed E-state index contributed by atoms with van der Waals surface area (Å²) in [4.78, 5) is 36.9. The number of hydrogen-bond donors (Lipinski definition) is 2. The minimum absolute atomic E-state index is 0.0507. The molecule has 0 heterocycles. The Morgan fingerprint density at radius 2 is 1.44 bits per heavy atom. The van der Waals surface area contributed by atoms with Crippen molar-refractivity contribution in [2.24, 2.45) is 5.10 Å². The number of ether oxygens (including phenoxy) is 5. The van der Waals surface area contributed by atoms with Gasteiger partial charge in [0, 0.05) is 18.5 Å². The highest BCUT2D eigenvalue weighted by molar-refractivity contribution is 5.94. The molecule has 0 atom stereocenters. The maximum Gasteiger partial charge on any atom is 0.343 e. The van der Waals surface area contributed by atoms with E-state index in [-0.39, 0.29) is 41.8 Å². The maximum absolute atomic E-state index is 12.8. The van der Waals surface area contributed by atoms with Crippen LogP contribution in [0.1, 0.15) is 32.7 Å². The third-order valence-corrected chi connectivity index (χ3v) is 5.37. The van der Waals surface area contributed by atoms with Crippen LogP contribution in [0.15, 0.2) is 65.8 Å². The lowest BCUT2D eigenvalue weighted by atomic mass is 10.1. The Morgan fingerprint density at radius 1 is 0.769 bits per heavy atom. The van der Waals surface area contributed by atoms with Gasteiger partial charge in [-0.15, -0.1) is 0 Å². The second-order valence-corrected chi connectivity index (χ2v) is 7.88. The average Bonchev–Trinajstić information content (AvgIpc) is 2.97. The Morgan fingerprint density at radius 3 is 2.05 bits per heavy atom. The topological polar surface area (TPSA) is 134 Å². The lowest BCUT2D eigenvalue weighted by Gasteiger charge is -2.14. The van der Waals surface area contributed by atoms with Gasteiger partial charge in [0.2, 0.25) is 11.7 Å². The molecule has 2 N–H and O–H groups in total. The molecule has 0 aliphatic rings. The lowest BCUT2D eigenvalue weighted by Crippen LogP contribution is -2.28. The minimum Gasteiger partial charge on any atom is -0.493 e. The second-order valence-electron chi connectivity index (χ2n) is 7.88. The van der Waals surface area contributed by atoms with Crippen molar-refractivity contribution in [2.45, 2.75) is 6.42 Å². The highest BCUT2D eigenvalue weighted by atomic mass is 16.6. The Hall–Kier alpha value is -5.06. The Balaban J connectivity index is 1.58. The van der Waals surface area contributed by atoms with Gasteiger partial charge in [0.25, 0.3) is 5.91 Å². The fourth-order valence-electron chi connectivity index (χ4n) is 3.42. The van der Waals surface area contributed by atoms with Crippen LogP contribution in [0.4, 0.5) is 0 Å². The van der Waals surface area contributed by atoms with Gasteiger partial charge in [0.05, 0.1) is 40.2 Å². The van der Waals surface area contributed by atoms with Crippen LogP contribution in [0.25, 0.3) is 0 Å². The zero-order chi connectivity index (χ0) is 28.2. The van der Waals surface area contributed by atoms with E-state index in [1.54, 1.807) is 36.4 Å². The van der Waals surface area contributed by atoms with Crippen molar-refractivity contribution >= 4 is 24.0 Å². The molecule has 0 saturated heterocycles. The molecule has 0 aromatic heterocycles. The monoisotopic (exact) mass is 535 g/mol. The summed E-state index contributed by atoms with van der Waals surface area (Å²) in [6, 6.07) is 16.4. The summed E-state index contributed by atoms with van der Waals surface area (Å²) >= 11 is 0. The van der Waals surface area contributed by atoms with Crippen molar-refractivity contribution < 1.29 is 38.1 Å². The SMILES string of the molecule is COc1cc(C=NNC(=O)CCNC(=O)c2ccccc2)ccc1OC(=O)c1cc(OC)c(OC)c(OC)c1.